The molecule has 0 fully saturated rings. The van der Waals surface area contributed by atoms with Gasteiger partial charge in [-0.15, -0.1) is 11.3 Å². The smallest absolute Gasteiger partial charge is 0.0943 e. The maximum absolute atomic E-state index is 6.29. The lowest BCUT2D eigenvalue weighted by molar-refractivity contribution is 0.233. The zero-order valence-electron chi connectivity index (χ0n) is 13.6. The van der Waals surface area contributed by atoms with Crippen molar-refractivity contribution >= 4 is 11.3 Å². The highest BCUT2D eigenvalue weighted by atomic mass is 32.1. The van der Waals surface area contributed by atoms with Gasteiger partial charge in [-0.05, 0) is 17.8 Å². The summed E-state index contributed by atoms with van der Waals surface area (Å²) in [6.07, 6.45) is 1.97. The summed E-state index contributed by atoms with van der Waals surface area (Å²) < 4.78 is 0. The number of thiazole rings is 1. The molecule has 0 saturated heterocycles. The normalized spacial score (nSPS) is 16.4. The molecule has 0 saturated carbocycles. The molecule has 3 heteroatoms. The molecule has 2 N–H and O–H groups in total. The highest BCUT2D eigenvalue weighted by Crippen LogP contribution is 2.30. The van der Waals surface area contributed by atoms with Crippen molar-refractivity contribution in [1.29, 1.82) is 0 Å². The second-order valence-electron chi connectivity index (χ2n) is 7.84. The molecule has 0 aliphatic carbocycles. The van der Waals surface area contributed by atoms with Crippen LogP contribution in [0.1, 0.15) is 65.6 Å². The fraction of sp³-hybridized carbons (Fsp3) is 0.812. The van der Waals surface area contributed by atoms with Crippen molar-refractivity contribution in [2.75, 3.05) is 0 Å². The Morgan fingerprint density at radius 3 is 2.21 bits per heavy atom. The first-order valence-electron chi connectivity index (χ1n) is 7.20. The summed E-state index contributed by atoms with van der Waals surface area (Å²) >= 11 is 1.75. The average Bonchev–Trinajstić information content (AvgIpc) is 2.63. The molecule has 2 atom stereocenters. The van der Waals surface area contributed by atoms with Gasteiger partial charge in [0.1, 0.15) is 0 Å². The summed E-state index contributed by atoms with van der Waals surface area (Å²) in [6.45, 7) is 15.7. The van der Waals surface area contributed by atoms with Crippen LogP contribution in [0.25, 0.3) is 0 Å². The van der Waals surface area contributed by atoms with Crippen molar-refractivity contribution in [3.63, 3.8) is 0 Å². The lowest BCUT2D eigenvalue weighted by atomic mass is 9.78. The first-order chi connectivity index (χ1) is 8.50. The number of rotatable bonds is 4. The van der Waals surface area contributed by atoms with E-state index >= 15 is 0 Å². The van der Waals surface area contributed by atoms with Gasteiger partial charge in [0.05, 0.1) is 10.7 Å². The third-order valence-corrected chi connectivity index (χ3v) is 4.76. The van der Waals surface area contributed by atoms with E-state index in [4.69, 9.17) is 10.7 Å². The van der Waals surface area contributed by atoms with Crippen LogP contribution in [-0.4, -0.2) is 11.0 Å². The Morgan fingerprint density at radius 1 is 1.21 bits per heavy atom. The van der Waals surface area contributed by atoms with Gasteiger partial charge in [-0.3, -0.25) is 0 Å². The Balaban J connectivity index is 2.58. The summed E-state index contributed by atoms with van der Waals surface area (Å²) in [4.78, 5) is 4.73. The summed E-state index contributed by atoms with van der Waals surface area (Å²) in [5.74, 6) is 0.629. The van der Waals surface area contributed by atoms with Gasteiger partial charge in [-0.25, -0.2) is 4.98 Å². The molecule has 1 heterocycles. The molecule has 110 valence electrons. The molecule has 1 aromatic rings. The fourth-order valence-corrected chi connectivity index (χ4v) is 2.98. The van der Waals surface area contributed by atoms with Gasteiger partial charge in [0.25, 0.3) is 0 Å². The number of nitrogens with two attached hydrogens (primary N) is 1. The Morgan fingerprint density at radius 2 is 1.79 bits per heavy atom. The quantitative estimate of drug-likeness (QED) is 0.890. The summed E-state index contributed by atoms with van der Waals surface area (Å²) in [7, 11) is 0. The SMILES string of the molecule is CC(CC(N)Cc1nc(C(C)(C)C)cs1)C(C)(C)C. The summed E-state index contributed by atoms with van der Waals surface area (Å²) in [5.41, 5.74) is 7.94. The van der Waals surface area contributed by atoms with Gasteiger partial charge in [0.15, 0.2) is 0 Å². The second-order valence-corrected chi connectivity index (χ2v) is 8.79. The molecule has 0 radical (unpaired) electrons. The van der Waals surface area contributed by atoms with Crippen molar-refractivity contribution in [1.82, 2.24) is 4.98 Å². The summed E-state index contributed by atoms with van der Waals surface area (Å²) in [6, 6.07) is 0.216. The molecule has 0 bridgehead atoms. The molecule has 1 aromatic heterocycles. The van der Waals surface area contributed by atoms with Crippen LogP contribution in [0.4, 0.5) is 0 Å². The lowest BCUT2D eigenvalue weighted by Gasteiger charge is -2.29. The molecule has 0 aliphatic heterocycles. The zero-order chi connectivity index (χ0) is 14.8. The first kappa shape index (κ1) is 16.6. The van der Waals surface area contributed by atoms with Crippen LogP contribution >= 0.6 is 11.3 Å². The number of hydrogen-bond acceptors (Lipinski definition) is 3. The minimum atomic E-state index is 0.136. The van der Waals surface area contributed by atoms with E-state index in [2.05, 4.69) is 53.8 Å². The lowest BCUT2D eigenvalue weighted by Crippen LogP contribution is -2.30. The maximum atomic E-state index is 6.29. The van der Waals surface area contributed by atoms with Crippen LogP contribution in [0, 0.1) is 11.3 Å². The second kappa shape index (κ2) is 5.92. The molecular formula is C16H30N2S. The average molecular weight is 282 g/mol. The van der Waals surface area contributed by atoms with Crippen molar-refractivity contribution in [3.8, 4) is 0 Å². The van der Waals surface area contributed by atoms with E-state index in [0.717, 1.165) is 12.8 Å². The van der Waals surface area contributed by atoms with Crippen LogP contribution < -0.4 is 5.73 Å². The van der Waals surface area contributed by atoms with Gasteiger partial charge in [0.2, 0.25) is 0 Å². The topological polar surface area (TPSA) is 38.9 Å². The molecule has 0 aromatic carbocycles. The van der Waals surface area contributed by atoms with Crippen molar-refractivity contribution < 1.29 is 0 Å². The molecule has 2 nitrogen and oxygen atoms in total. The predicted molar refractivity (Wildman–Crippen MR) is 85.7 cm³/mol. The molecule has 1 rings (SSSR count). The Bertz CT molecular complexity index is 396. The van der Waals surface area contributed by atoms with Crippen LogP contribution in [0.5, 0.6) is 0 Å². The van der Waals surface area contributed by atoms with Gasteiger partial charge >= 0.3 is 0 Å². The number of nitrogens with zero attached hydrogens (tertiary/aromatic N) is 1. The van der Waals surface area contributed by atoms with Crippen LogP contribution in [0.3, 0.4) is 0 Å². The Labute approximate surface area is 122 Å². The molecule has 0 aliphatic rings. The van der Waals surface area contributed by atoms with Crippen molar-refractivity contribution in [2.24, 2.45) is 17.1 Å². The van der Waals surface area contributed by atoms with E-state index in [9.17, 15) is 0 Å². The highest BCUT2D eigenvalue weighted by Gasteiger charge is 2.23. The Hall–Kier alpha value is -0.410. The van der Waals surface area contributed by atoms with Crippen molar-refractivity contribution in [3.05, 3.63) is 16.1 Å². The third kappa shape index (κ3) is 5.23. The molecule has 0 spiro atoms. The minimum Gasteiger partial charge on any atom is -0.327 e. The van der Waals surface area contributed by atoms with E-state index in [-0.39, 0.29) is 11.5 Å². The number of hydrogen-bond donors (Lipinski definition) is 1. The zero-order valence-corrected chi connectivity index (χ0v) is 14.4. The van der Waals surface area contributed by atoms with Crippen LogP contribution in [-0.2, 0) is 11.8 Å². The van der Waals surface area contributed by atoms with Crippen molar-refractivity contribution in [2.45, 2.75) is 72.8 Å². The molecule has 0 amide bonds. The highest BCUT2D eigenvalue weighted by molar-refractivity contribution is 7.09. The van der Waals surface area contributed by atoms with Crippen LogP contribution in [0.15, 0.2) is 5.38 Å². The monoisotopic (exact) mass is 282 g/mol. The standard InChI is InChI=1S/C16H30N2S/c1-11(15(2,3)4)8-12(17)9-14-18-13(10-19-14)16(5,6)7/h10-12H,8-9,17H2,1-7H3. The van der Waals surface area contributed by atoms with E-state index in [1.165, 1.54) is 10.7 Å². The predicted octanol–water partition coefficient (Wildman–Crippen LogP) is 4.38. The van der Waals surface area contributed by atoms with E-state index in [1.807, 2.05) is 0 Å². The maximum Gasteiger partial charge on any atom is 0.0943 e. The largest absolute Gasteiger partial charge is 0.327 e. The van der Waals surface area contributed by atoms with Gasteiger partial charge in [-0.2, -0.15) is 0 Å². The Kier molecular flexibility index (Phi) is 5.19. The third-order valence-electron chi connectivity index (χ3n) is 3.89. The van der Waals surface area contributed by atoms with E-state index in [1.54, 1.807) is 11.3 Å². The fourth-order valence-electron chi connectivity index (χ4n) is 1.86. The summed E-state index contributed by atoms with van der Waals surface area (Å²) in [5, 5.41) is 3.36. The molecular weight excluding hydrogens is 252 g/mol. The van der Waals surface area contributed by atoms with Crippen LogP contribution in [0.2, 0.25) is 0 Å². The number of aromatic nitrogens is 1. The van der Waals surface area contributed by atoms with E-state index < -0.39 is 0 Å². The molecule has 19 heavy (non-hydrogen) atoms. The minimum absolute atomic E-state index is 0.136. The van der Waals surface area contributed by atoms with Gasteiger partial charge in [-0.1, -0.05) is 48.5 Å². The van der Waals surface area contributed by atoms with Gasteiger partial charge < -0.3 is 5.73 Å². The van der Waals surface area contributed by atoms with E-state index in [0.29, 0.717) is 11.3 Å². The van der Waals surface area contributed by atoms with Gasteiger partial charge in [0, 0.05) is 23.3 Å². The first-order valence-corrected chi connectivity index (χ1v) is 8.08. The molecule has 2 unspecified atom stereocenters.